The molecule has 0 bridgehead atoms. The molecule has 1 saturated heterocycles. The van der Waals surface area contributed by atoms with Crippen molar-refractivity contribution in [3.05, 3.63) is 48.5 Å². The molecule has 1 unspecified atom stereocenters. The predicted molar refractivity (Wildman–Crippen MR) is 111 cm³/mol. The summed E-state index contributed by atoms with van der Waals surface area (Å²) in [5.74, 6) is 1.52. The van der Waals surface area contributed by atoms with E-state index in [-0.39, 0.29) is 0 Å². The van der Waals surface area contributed by atoms with Crippen molar-refractivity contribution < 1.29 is 9.47 Å². The van der Waals surface area contributed by atoms with E-state index in [0.29, 0.717) is 25.7 Å². The monoisotopic (exact) mass is 385 g/mol. The van der Waals surface area contributed by atoms with Gasteiger partial charge in [-0.15, -0.1) is 0 Å². The van der Waals surface area contributed by atoms with Crippen LogP contribution in [0.5, 0.6) is 0 Å². The van der Waals surface area contributed by atoms with Crippen molar-refractivity contribution in [1.29, 1.82) is 0 Å². The van der Waals surface area contributed by atoms with Gasteiger partial charge in [-0.05, 0) is 25.0 Å². The van der Waals surface area contributed by atoms with Crippen LogP contribution >= 0.6 is 0 Å². The van der Waals surface area contributed by atoms with Gasteiger partial charge in [0.25, 0.3) is 0 Å². The Labute approximate surface area is 167 Å². The first-order valence-electron chi connectivity index (χ1n) is 9.98. The van der Waals surface area contributed by atoms with E-state index in [2.05, 4.69) is 40.3 Å². The van der Waals surface area contributed by atoms with Crippen molar-refractivity contribution in [1.82, 2.24) is 19.8 Å². The minimum absolute atomic E-state index is 0.541. The van der Waals surface area contributed by atoms with E-state index in [0.717, 1.165) is 44.3 Å². The van der Waals surface area contributed by atoms with E-state index in [1.807, 2.05) is 23.2 Å². The highest BCUT2D eigenvalue weighted by Crippen LogP contribution is 2.18. The second-order valence-corrected chi connectivity index (χ2v) is 6.94. The van der Waals surface area contributed by atoms with Gasteiger partial charge < -0.3 is 24.3 Å². The maximum absolute atomic E-state index is 5.71. The van der Waals surface area contributed by atoms with Crippen LogP contribution in [0.25, 0.3) is 5.69 Å². The number of ether oxygens (including phenoxy) is 2. The van der Waals surface area contributed by atoms with Crippen LogP contribution in [-0.2, 0) is 16.0 Å². The Morgan fingerprint density at radius 2 is 2.21 bits per heavy atom. The van der Waals surface area contributed by atoms with Gasteiger partial charge in [0.05, 0.1) is 38.4 Å². The van der Waals surface area contributed by atoms with E-state index in [1.54, 1.807) is 13.3 Å². The average Bonchev–Trinajstić information content (AvgIpc) is 3.41. The largest absolute Gasteiger partial charge is 0.382 e. The van der Waals surface area contributed by atoms with Crippen LogP contribution in [0, 0.1) is 5.92 Å². The fourth-order valence-corrected chi connectivity index (χ4v) is 3.44. The molecule has 152 valence electrons. The van der Waals surface area contributed by atoms with E-state index in [1.165, 1.54) is 5.56 Å². The maximum atomic E-state index is 5.71. The topological polar surface area (TPSA) is 63.9 Å². The van der Waals surface area contributed by atoms with E-state index >= 15 is 0 Å². The Morgan fingerprint density at radius 3 is 3.00 bits per heavy atom. The summed E-state index contributed by atoms with van der Waals surface area (Å²) in [5.41, 5.74) is 2.29. The summed E-state index contributed by atoms with van der Waals surface area (Å²) in [7, 11) is 1.70. The summed E-state index contributed by atoms with van der Waals surface area (Å²) in [4.78, 5) is 11.4. The number of rotatable bonds is 9. The lowest BCUT2D eigenvalue weighted by molar-refractivity contribution is 0.0536. The van der Waals surface area contributed by atoms with Crippen LogP contribution < -0.4 is 5.32 Å². The van der Waals surface area contributed by atoms with Crippen molar-refractivity contribution in [2.24, 2.45) is 10.9 Å². The van der Waals surface area contributed by atoms with Crippen molar-refractivity contribution in [3.8, 4) is 5.69 Å². The summed E-state index contributed by atoms with van der Waals surface area (Å²) in [6, 6.07) is 8.32. The molecule has 3 rings (SSSR count). The Bertz CT molecular complexity index is 732. The first-order valence-corrected chi connectivity index (χ1v) is 9.98. The van der Waals surface area contributed by atoms with Crippen LogP contribution in [-0.4, -0.2) is 67.0 Å². The van der Waals surface area contributed by atoms with Gasteiger partial charge in [-0.2, -0.15) is 0 Å². The number of para-hydroxylation sites is 1. The molecular formula is C21H31N5O2. The number of aromatic nitrogens is 2. The second kappa shape index (κ2) is 10.8. The minimum Gasteiger partial charge on any atom is -0.382 e. The highest BCUT2D eigenvalue weighted by Gasteiger charge is 2.25. The minimum atomic E-state index is 0.541. The third-order valence-corrected chi connectivity index (χ3v) is 4.88. The van der Waals surface area contributed by atoms with Crippen LogP contribution in [0.1, 0.15) is 18.9 Å². The summed E-state index contributed by atoms with van der Waals surface area (Å²) >= 11 is 0. The molecule has 1 aliphatic heterocycles. The number of hydrogen-bond acceptors (Lipinski definition) is 4. The van der Waals surface area contributed by atoms with Crippen molar-refractivity contribution >= 4 is 5.96 Å². The predicted octanol–water partition coefficient (Wildman–Crippen LogP) is 2.32. The normalized spacial score (nSPS) is 17.3. The summed E-state index contributed by atoms with van der Waals surface area (Å²) < 4.78 is 12.8. The number of nitrogens with one attached hydrogen (secondary N) is 1. The Kier molecular flexibility index (Phi) is 7.87. The Hall–Kier alpha value is -2.38. The van der Waals surface area contributed by atoms with E-state index < -0.39 is 0 Å². The average molecular weight is 386 g/mol. The van der Waals surface area contributed by atoms with Crippen LogP contribution in [0.3, 0.4) is 0 Å². The molecule has 2 heterocycles. The van der Waals surface area contributed by atoms with Crippen LogP contribution in [0.2, 0.25) is 0 Å². The summed E-state index contributed by atoms with van der Waals surface area (Å²) in [6.07, 6.45) is 6.71. The summed E-state index contributed by atoms with van der Waals surface area (Å²) in [6.45, 7) is 7.66. The van der Waals surface area contributed by atoms with Gasteiger partial charge >= 0.3 is 0 Å². The van der Waals surface area contributed by atoms with E-state index in [9.17, 15) is 0 Å². The molecule has 1 aromatic carbocycles. The Balaban J connectivity index is 1.63. The Morgan fingerprint density at radius 1 is 1.32 bits per heavy atom. The zero-order valence-electron chi connectivity index (χ0n) is 16.9. The van der Waals surface area contributed by atoms with E-state index in [4.69, 9.17) is 14.5 Å². The maximum Gasteiger partial charge on any atom is 0.194 e. The molecule has 0 spiro atoms. The molecular weight excluding hydrogens is 354 g/mol. The number of guanidine groups is 1. The lowest BCUT2D eigenvalue weighted by atomic mass is 10.1. The standard InChI is InChI=1S/C21H31N5O2/c1-3-23-21(25-10-8-18(15-25)16-28-13-12-27-2)24-14-19-6-4-5-7-20(19)26-11-9-22-17-26/h4-7,9,11,17-18H,3,8,10,12-16H2,1-2H3,(H,23,24). The molecule has 0 saturated carbocycles. The molecule has 1 aromatic heterocycles. The number of imidazole rings is 1. The van der Waals surface area contributed by atoms with Crippen LogP contribution in [0.4, 0.5) is 0 Å². The number of hydrogen-bond donors (Lipinski definition) is 1. The van der Waals surface area contributed by atoms with Crippen molar-refractivity contribution in [2.75, 3.05) is 46.6 Å². The van der Waals surface area contributed by atoms with Crippen LogP contribution in [0.15, 0.2) is 48.0 Å². The fraction of sp³-hybridized carbons (Fsp3) is 0.524. The van der Waals surface area contributed by atoms with Gasteiger partial charge in [0.15, 0.2) is 5.96 Å². The van der Waals surface area contributed by atoms with Gasteiger partial charge in [0, 0.05) is 45.1 Å². The molecule has 1 aliphatic rings. The third-order valence-electron chi connectivity index (χ3n) is 4.88. The van der Waals surface area contributed by atoms with Gasteiger partial charge in [-0.1, -0.05) is 18.2 Å². The van der Waals surface area contributed by atoms with Gasteiger partial charge in [0.2, 0.25) is 0 Å². The van der Waals surface area contributed by atoms with Gasteiger partial charge in [0.1, 0.15) is 0 Å². The molecule has 2 aromatic rings. The molecule has 0 radical (unpaired) electrons. The number of nitrogens with zero attached hydrogens (tertiary/aromatic N) is 4. The zero-order valence-corrected chi connectivity index (χ0v) is 16.9. The molecule has 0 aliphatic carbocycles. The second-order valence-electron chi connectivity index (χ2n) is 6.94. The quantitative estimate of drug-likeness (QED) is 0.408. The molecule has 0 amide bonds. The highest BCUT2D eigenvalue weighted by molar-refractivity contribution is 5.80. The lowest BCUT2D eigenvalue weighted by Crippen LogP contribution is -2.40. The first kappa shape index (κ1) is 20.4. The fourth-order valence-electron chi connectivity index (χ4n) is 3.44. The van der Waals surface area contributed by atoms with Gasteiger partial charge in [-0.3, -0.25) is 0 Å². The molecule has 1 fully saturated rings. The van der Waals surface area contributed by atoms with Crippen molar-refractivity contribution in [3.63, 3.8) is 0 Å². The SMILES string of the molecule is CCNC(=NCc1ccccc1-n1ccnc1)N1CCC(COCCOC)C1. The van der Waals surface area contributed by atoms with Crippen molar-refractivity contribution in [2.45, 2.75) is 19.9 Å². The molecule has 28 heavy (non-hydrogen) atoms. The molecule has 1 atom stereocenters. The molecule has 7 nitrogen and oxygen atoms in total. The highest BCUT2D eigenvalue weighted by atomic mass is 16.5. The lowest BCUT2D eigenvalue weighted by Gasteiger charge is -2.22. The third kappa shape index (κ3) is 5.56. The number of aliphatic imine (C=N–C) groups is 1. The number of likely N-dealkylation sites (tertiary alicyclic amines) is 1. The molecule has 7 heteroatoms. The zero-order chi connectivity index (χ0) is 19.6. The number of benzene rings is 1. The summed E-state index contributed by atoms with van der Waals surface area (Å²) in [5, 5.41) is 3.44. The first-order chi connectivity index (χ1) is 13.8. The smallest absolute Gasteiger partial charge is 0.194 e. The number of methoxy groups -OCH3 is 1. The van der Waals surface area contributed by atoms with Gasteiger partial charge in [-0.25, -0.2) is 9.98 Å². The molecule has 1 N–H and O–H groups in total.